The molecule has 7 nitrogen and oxygen atoms in total. The van der Waals surface area contributed by atoms with E-state index < -0.39 is 29.7 Å². The second-order valence-corrected chi connectivity index (χ2v) is 4.17. The van der Waals surface area contributed by atoms with Gasteiger partial charge < -0.3 is 19.9 Å². The van der Waals surface area contributed by atoms with Gasteiger partial charge in [-0.1, -0.05) is 19.8 Å². The lowest BCUT2D eigenvalue weighted by Gasteiger charge is -2.13. The van der Waals surface area contributed by atoms with Crippen LogP contribution >= 0.6 is 0 Å². The SMILES string of the molecule is CC.CC#Cc1c[nH]c(=O)n(C2CC(O)C(CO)O2)c1=O. The summed E-state index contributed by atoms with van der Waals surface area (Å²) in [6, 6.07) is 0. The summed E-state index contributed by atoms with van der Waals surface area (Å²) in [4.78, 5) is 26.2. The molecule has 0 aromatic carbocycles. The fourth-order valence-corrected chi connectivity index (χ4v) is 2.01. The van der Waals surface area contributed by atoms with Gasteiger partial charge in [-0.2, -0.15) is 0 Å². The Kier molecular flexibility index (Phi) is 6.37. The van der Waals surface area contributed by atoms with Crippen LogP contribution < -0.4 is 11.2 Å². The number of hydrogen-bond acceptors (Lipinski definition) is 5. The van der Waals surface area contributed by atoms with Crippen LogP contribution in [0, 0.1) is 11.8 Å². The standard InChI is InChI=1S/C12H14N2O5.C2H6/c1-2-3-7-5-13-12(18)14(11(7)17)10-4-8(16)9(6-15)19-10;1-2/h5,8-10,15-16H,4,6H2,1H3,(H,13,18);1-2H3. The Morgan fingerprint density at radius 3 is 2.67 bits per heavy atom. The summed E-state index contributed by atoms with van der Waals surface area (Å²) in [5.74, 6) is 5.16. The summed E-state index contributed by atoms with van der Waals surface area (Å²) in [5.41, 5.74) is -1.07. The molecule has 0 spiro atoms. The minimum atomic E-state index is -0.915. The molecule has 1 aliphatic rings. The van der Waals surface area contributed by atoms with Crippen LogP contribution in [0.2, 0.25) is 0 Å². The molecule has 0 saturated carbocycles. The maximum atomic E-state index is 12.1. The van der Waals surface area contributed by atoms with Crippen molar-refractivity contribution in [3.05, 3.63) is 32.6 Å². The molecule has 1 aromatic rings. The number of rotatable bonds is 2. The van der Waals surface area contributed by atoms with E-state index in [0.717, 1.165) is 4.57 Å². The van der Waals surface area contributed by atoms with Gasteiger partial charge in [0.15, 0.2) is 0 Å². The summed E-state index contributed by atoms with van der Waals surface area (Å²) in [6.07, 6.45) is -1.30. The lowest BCUT2D eigenvalue weighted by atomic mass is 10.2. The Balaban J connectivity index is 0.00000106. The zero-order valence-electron chi connectivity index (χ0n) is 12.3. The molecule has 1 aromatic heterocycles. The van der Waals surface area contributed by atoms with Gasteiger partial charge in [-0.25, -0.2) is 9.36 Å². The van der Waals surface area contributed by atoms with E-state index in [9.17, 15) is 14.7 Å². The summed E-state index contributed by atoms with van der Waals surface area (Å²) < 4.78 is 6.17. The second kappa shape index (κ2) is 7.78. The van der Waals surface area contributed by atoms with E-state index in [4.69, 9.17) is 9.84 Å². The number of aliphatic hydroxyl groups is 2. The van der Waals surface area contributed by atoms with E-state index in [1.54, 1.807) is 6.92 Å². The average Bonchev–Trinajstić information content (AvgIpc) is 2.85. The highest BCUT2D eigenvalue weighted by atomic mass is 16.5. The zero-order chi connectivity index (χ0) is 16.0. The third kappa shape index (κ3) is 3.61. The van der Waals surface area contributed by atoms with Crippen molar-refractivity contribution in [1.82, 2.24) is 9.55 Å². The minimum absolute atomic E-state index is 0.0667. The fraction of sp³-hybridized carbons (Fsp3) is 0.571. The van der Waals surface area contributed by atoms with Crippen molar-refractivity contribution in [3.8, 4) is 11.8 Å². The predicted octanol–water partition coefficient (Wildman–Crippen LogP) is -0.425. The van der Waals surface area contributed by atoms with Gasteiger partial charge in [-0.15, -0.1) is 5.92 Å². The largest absolute Gasteiger partial charge is 0.394 e. The summed E-state index contributed by atoms with van der Waals surface area (Å²) in [5, 5.41) is 18.6. The highest BCUT2D eigenvalue weighted by molar-refractivity contribution is 5.28. The van der Waals surface area contributed by atoms with Crippen molar-refractivity contribution in [2.45, 2.75) is 45.6 Å². The Morgan fingerprint density at radius 2 is 2.14 bits per heavy atom. The van der Waals surface area contributed by atoms with Crippen molar-refractivity contribution < 1.29 is 14.9 Å². The molecule has 1 aliphatic heterocycles. The van der Waals surface area contributed by atoms with Gasteiger partial charge in [0.1, 0.15) is 17.9 Å². The molecule has 3 unspecified atom stereocenters. The van der Waals surface area contributed by atoms with E-state index in [2.05, 4.69) is 16.8 Å². The molecule has 2 heterocycles. The van der Waals surface area contributed by atoms with E-state index in [1.165, 1.54) is 6.20 Å². The van der Waals surface area contributed by atoms with Crippen molar-refractivity contribution in [2.24, 2.45) is 0 Å². The lowest BCUT2D eigenvalue weighted by molar-refractivity contribution is -0.0469. The van der Waals surface area contributed by atoms with Crippen LogP contribution in [0.3, 0.4) is 0 Å². The molecule has 21 heavy (non-hydrogen) atoms. The average molecular weight is 296 g/mol. The lowest BCUT2D eigenvalue weighted by Crippen LogP contribution is -2.39. The number of H-pyrrole nitrogens is 1. The van der Waals surface area contributed by atoms with Crippen LogP contribution in [0.5, 0.6) is 0 Å². The van der Waals surface area contributed by atoms with Gasteiger partial charge in [0.25, 0.3) is 5.56 Å². The number of aromatic amines is 1. The monoisotopic (exact) mass is 296 g/mol. The first kappa shape index (κ1) is 17.2. The van der Waals surface area contributed by atoms with E-state index in [1.807, 2.05) is 13.8 Å². The molecule has 3 atom stereocenters. The predicted molar refractivity (Wildman–Crippen MR) is 76.8 cm³/mol. The maximum Gasteiger partial charge on any atom is 0.330 e. The molecule has 0 aliphatic carbocycles. The summed E-state index contributed by atoms with van der Waals surface area (Å²) in [6.45, 7) is 5.20. The molecule has 116 valence electrons. The molecule has 3 N–H and O–H groups in total. The van der Waals surface area contributed by atoms with Gasteiger partial charge in [-0.05, 0) is 6.92 Å². The van der Waals surface area contributed by atoms with Gasteiger partial charge in [0, 0.05) is 12.6 Å². The zero-order valence-corrected chi connectivity index (χ0v) is 12.3. The molecule has 2 rings (SSSR count). The molecule has 0 amide bonds. The van der Waals surface area contributed by atoms with Gasteiger partial charge in [-0.3, -0.25) is 4.79 Å². The Bertz CT molecular complexity index is 637. The van der Waals surface area contributed by atoms with E-state index in [0.29, 0.717) is 0 Å². The number of aliphatic hydroxyl groups excluding tert-OH is 2. The van der Waals surface area contributed by atoms with Gasteiger partial charge >= 0.3 is 5.69 Å². The molecular formula is C14H20N2O5. The van der Waals surface area contributed by atoms with Crippen molar-refractivity contribution >= 4 is 0 Å². The third-order valence-electron chi connectivity index (χ3n) is 2.94. The van der Waals surface area contributed by atoms with Gasteiger partial charge in [0.05, 0.1) is 12.7 Å². The number of nitrogens with one attached hydrogen (secondary N) is 1. The minimum Gasteiger partial charge on any atom is -0.394 e. The summed E-state index contributed by atoms with van der Waals surface area (Å²) in [7, 11) is 0. The van der Waals surface area contributed by atoms with Crippen LogP contribution in [0.1, 0.15) is 39.0 Å². The van der Waals surface area contributed by atoms with Crippen molar-refractivity contribution in [3.63, 3.8) is 0 Å². The Hall–Kier alpha value is -1.88. The summed E-state index contributed by atoms with van der Waals surface area (Å²) >= 11 is 0. The number of aromatic nitrogens is 2. The number of ether oxygens (including phenoxy) is 1. The topological polar surface area (TPSA) is 105 Å². The Morgan fingerprint density at radius 1 is 1.48 bits per heavy atom. The van der Waals surface area contributed by atoms with Crippen molar-refractivity contribution in [1.29, 1.82) is 0 Å². The van der Waals surface area contributed by atoms with Crippen molar-refractivity contribution in [2.75, 3.05) is 6.61 Å². The highest BCUT2D eigenvalue weighted by Crippen LogP contribution is 2.26. The van der Waals surface area contributed by atoms with E-state index >= 15 is 0 Å². The quantitative estimate of drug-likeness (QED) is 0.643. The molecule has 7 heteroatoms. The molecule has 0 bridgehead atoms. The molecule has 1 saturated heterocycles. The molecule has 0 radical (unpaired) electrons. The fourth-order valence-electron chi connectivity index (χ4n) is 2.01. The number of nitrogens with zero attached hydrogens (tertiary/aromatic N) is 1. The molecular weight excluding hydrogens is 276 g/mol. The first-order chi connectivity index (χ1) is 10.1. The van der Waals surface area contributed by atoms with Crippen LogP contribution in [0.4, 0.5) is 0 Å². The van der Waals surface area contributed by atoms with Crippen LogP contribution in [0.25, 0.3) is 0 Å². The second-order valence-electron chi connectivity index (χ2n) is 4.17. The first-order valence-electron chi connectivity index (χ1n) is 6.79. The van der Waals surface area contributed by atoms with Gasteiger partial charge in [0.2, 0.25) is 0 Å². The maximum absolute atomic E-state index is 12.1. The third-order valence-corrected chi connectivity index (χ3v) is 2.94. The van der Waals surface area contributed by atoms with Crippen LogP contribution in [0.15, 0.2) is 15.8 Å². The smallest absolute Gasteiger partial charge is 0.330 e. The number of hydrogen-bond donors (Lipinski definition) is 3. The van der Waals surface area contributed by atoms with Crippen LogP contribution in [-0.4, -0.2) is 38.6 Å². The molecule has 1 fully saturated rings. The Labute approximate surface area is 122 Å². The van der Waals surface area contributed by atoms with Crippen LogP contribution in [-0.2, 0) is 4.74 Å². The first-order valence-corrected chi connectivity index (χ1v) is 6.79. The van der Waals surface area contributed by atoms with E-state index in [-0.39, 0.29) is 18.6 Å². The highest BCUT2D eigenvalue weighted by Gasteiger charge is 2.36. The normalized spacial score (nSPS) is 23.8.